The van der Waals surface area contributed by atoms with Crippen LogP contribution in [-0.4, -0.2) is 68.0 Å². The number of hydrogen-bond acceptors (Lipinski definition) is 5. The van der Waals surface area contributed by atoms with E-state index in [-0.39, 0.29) is 11.4 Å². The van der Waals surface area contributed by atoms with Crippen molar-refractivity contribution in [1.82, 2.24) is 30.4 Å². The summed E-state index contributed by atoms with van der Waals surface area (Å²) in [4.78, 5) is 16.9. The predicted octanol–water partition coefficient (Wildman–Crippen LogP) is 1.42. The second kappa shape index (κ2) is 6.08. The van der Waals surface area contributed by atoms with E-state index in [4.69, 9.17) is 0 Å². The Bertz CT molecular complexity index is 651. The third-order valence-corrected chi connectivity index (χ3v) is 4.25. The summed E-state index contributed by atoms with van der Waals surface area (Å²) in [6.07, 6.45) is 0. The van der Waals surface area contributed by atoms with Gasteiger partial charge in [-0.15, -0.1) is 10.2 Å². The smallest absolute Gasteiger partial charge is 0.253 e. The van der Waals surface area contributed by atoms with Gasteiger partial charge in [0.1, 0.15) is 0 Å². The van der Waals surface area contributed by atoms with Crippen molar-refractivity contribution in [2.45, 2.75) is 26.3 Å². The summed E-state index contributed by atoms with van der Waals surface area (Å²) in [5.41, 5.74) is 1.69. The summed E-state index contributed by atoms with van der Waals surface area (Å²) in [5.74, 6) is 0.612. The summed E-state index contributed by atoms with van der Waals surface area (Å²) < 4.78 is 0. The fraction of sp³-hybridized carbons (Fsp3) is 0.500. The van der Waals surface area contributed by atoms with E-state index in [0.29, 0.717) is 11.4 Å². The molecule has 3 rings (SSSR count). The van der Waals surface area contributed by atoms with Gasteiger partial charge in [-0.3, -0.25) is 9.69 Å². The van der Waals surface area contributed by atoms with Gasteiger partial charge in [-0.05, 0) is 38.1 Å². The zero-order valence-electron chi connectivity index (χ0n) is 13.8. The molecule has 1 amide bonds. The lowest BCUT2D eigenvalue weighted by atomic mass is 10.0. The maximum atomic E-state index is 12.6. The van der Waals surface area contributed by atoms with E-state index < -0.39 is 0 Å². The Balaban J connectivity index is 1.65. The molecule has 122 valence electrons. The molecule has 0 atom stereocenters. The number of rotatable bonds is 2. The van der Waals surface area contributed by atoms with Gasteiger partial charge in [0, 0.05) is 42.8 Å². The highest BCUT2D eigenvalue weighted by Gasteiger charge is 2.28. The number of carbonyl (C=O) groups excluding carboxylic acids is 1. The van der Waals surface area contributed by atoms with Crippen molar-refractivity contribution in [2.75, 3.05) is 26.2 Å². The van der Waals surface area contributed by atoms with Crippen molar-refractivity contribution >= 4 is 5.91 Å². The monoisotopic (exact) mass is 314 g/mol. The first-order valence-electron chi connectivity index (χ1n) is 7.83. The van der Waals surface area contributed by atoms with Crippen LogP contribution in [0.3, 0.4) is 0 Å². The van der Waals surface area contributed by atoms with E-state index in [1.165, 1.54) is 0 Å². The molecule has 0 bridgehead atoms. The Kier molecular flexibility index (Phi) is 4.12. The zero-order chi connectivity index (χ0) is 16.4. The molecule has 1 aliphatic rings. The van der Waals surface area contributed by atoms with Gasteiger partial charge in [-0.2, -0.15) is 5.21 Å². The lowest BCUT2D eigenvalue weighted by molar-refractivity contribution is 0.0451. The first-order valence-corrected chi connectivity index (χ1v) is 7.83. The number of nitrogens with one attached hydrogen (secondary N) is 1. The van der Waals surface area contributed by atoms with Crippen molar-refractivity contribution in [3.05, 3.63) is 29.8 Å². The molecular weight excluding hydrogens is 292 g/mol. The van der Waals surface area contributed by atoms with E-state index >= 15 is 0 Å². The summed E-state index contributed by atoms with van der Waals surface area (Å²) in [5, 5.41) is 13.8. The van der Waals surface area contributed by atoms with Crippen molar-refractivity contribution in [3.63, 3.8) is 0 Å². The molecule has 23 heavy (non-hydrogen) atoms. The minimum absolute atomic E-state index is 0.0817. The SMILES string of the molecule is CC(C)(C)N1CCN(C(=O)c2ccc(-c3nn[nH]n3)cc2)CC1. The van der Waals surface area contributed by atoms with Gasteiger partial charge in [0.15, 0.2) is 0 Å². The Morgan fingerprint density at radius 3 is 2.26 bits per heavy atom. The molecule has 0 radical (unpaired) electrons. The van der Waals surface area contributed by atoms with E-state index in [1.807, 2.05) is 29.2 Å². The molecule has 1 aromatic heterocycles. The molecule has 7 heteroatoms. The molecule has 1 fully saturated rings. The Hall–Kier alpha value is -2.28. The minimum atomic E-state index is 0.0817. The molecule has 1 aliphatic heterocycles. The zero-order valence-corrected chi connectivity index (χ0v) is 13.8. The highest BCUT2D eigenvalue weighted by Crippen LogP contribution is 2.18. The van der Waals surface area contributed by atoms with Gasteiger partial charge in [0.2, 0.25) is 5.82 Å². The number of nitrogens with zero attached hydrogens (tertiary/aromatic N) is 5. The van der Waals surface area contributed by atoms with Crippen LogP contribution < -0.4 is 0 Å². The number of carbonyl (C=O) groups is 1. The van der Waals surface area contributed by atoms with Crippen LogP contribution in [0, 0.1) is 0 Å². The van der Waals surface area contributed by atoms with Crippen LogP contribution in [0.4, 0.5) is 0 Å². The molecule has 0 unspecified atom stereocenters. The number of benzene rings is 1. The predicted molar refractivity (Wildman–Crippen MR) is 86.8 cm³/mol. The Morgan fingerprint density at radius 2 is 1.74 bits per heavy atom. The van der Waals surface area contributed by atoms with Crippen molar-refractivity contribution in [2.24, 2.45) is 0 Å². The summed E-state index contributed by atoms with van der Waals surface area (Å²) >= 11 is 0. The molecule has 7 nitrogen and oxygen atoms in total. The topological polar surface area (TPSA) is 78.0 Å². The molecule has 2 heterocycles. The van der Waals surface area contributed by atoms with Crippen LogP contribution in [0.5, 0.6) is 0 Å². The fourth-order valence-corrected chi connectivity index (χ4v) is 2.81. The van der Waals surface area contributed by atoms with Crippen molar-refractivity contribution < 1.29 is 4.79 Å². The van der Waals surface area contributed by atoms with Crippen molar-refractivity contribution in [3.8, 4) is 11.4 Å². The van der Waals surface area contributed by atoms with Crippen LogP contribution in [0.25, 0.3) is 11.4 Å². The van der Waals surface area contributed by atoms with E-state index in [2.05, 4.69) is 46.3 Å². The quantitative estimate of drug-likeness (QED) is 0.907. The van der Waals surface area contributed by atoms with Gasteiger partial charge in [-0.1, -0.05) is 12.1 Å². The van der Waals surface area contributed by atoms with E-state index in [0.717, 1.165) is 31.7 Å². The number of amides is 1. The molecule has 0 aliphatic carbocycles. The van der Waals surface area contributed by atoms with Gasteiger partial charge in [0.05, 0.1) is 0 Å². The van der Waals surface area contributed by atoms with Crippen molar-refractivity contribution in [1.29, 1.82) is 0 Å². The van der Waals surface area contributed by atoms with Crippen LogP contribution in [0.15, 0.2) is 24.3 Å². The fourth-order valence-electron chi connectivity index (χ4n) is 2.81. The van der Waals surface area contributed by atoms with Gasteiger partial charge >= 0.3 is 0 Å². The highest BCUT2D eigenvalue weighted by molar-refractivity contribution is 5.94. The summed E-state index contributed by atoms with van der Waals surface area (Å²) in [6, 6.07) is 7.35. The maximum absolute atomic E-state index is 12.6. The molecule has 2 aromatic rings. The summed E-state index contributed by atoms with van der Waals surface area (Å²) in [6.45, 7) is 9.99. The second-order valence-corrected chi connectivity index (χ2v) is 6.76. The molecule has 0 saturated carbocycles. The van der Waals surface area contributed by atoms with Crippen LogP contribution in [-0.2, 0) is 0 Å². The standard InChI is InChI=1S/C16H22N6O/c1-16(2,3)22-10-8-21(9-11-22)15(23)13-6-4-12(5-7-13)14-17-19-20-18-14/h4-7H,8-11H2,1-3H3,(H,17,18,19,20). The average molecular weight is 314 g/mol. The summed E-state index contributed by atoms with van der Waals surface area (Å²) in [7, 11) is 0. The van der Waals surface area contributed by atoms with Gasteiger partial charge < -0.3 is 4.90 Å². The first kappa shape index (κ1) is 15.6. The third-order valence-electron chi connectivity index (χ3n) is 4.25. The number of aromatic nitrogens is 4. The van der Waals surface area contributed by atoms with E-state index in [9.17, 15) is 4.79 Å². The Morgan fingerprint density at radius 1 is 1.09 bits per heavy atom. The number of H-pyrrole nitrogens is 1. The maximum Gasteiger partial charge on any atom is 0.253 e. The van der Waals surface area contributed by atoms with Crippen LogP contribution in [0.1, 0.15) is 31.1 Å². The number of aromatic amines is 1. The third kappa shape index (κ3) is 3.39. The molecule has 0 spiro atoms. The van der Waals surface area contributed by atoms with Crippen LogP contribution in [0.2, 0.25) is 0 Å². The molecule has 1 N–H and O–H groups in total. The van der Waals surface area contributed by atoms with Gasteiger partial charge in [0.25, 0.3) is 5.91 Å². The molecule has 1 aromatic carbocycles. The highest BCUT2D eigenvalue weighted by atomic mass is 16.2. The molecular formula is C16H22N6O. The largest absolute Gasteiger partial charge is 0.336 e. The Labute approximate surface area is 135 Å². The average Bonchev–Trinajstić information content (AvgIpc) is 3.08. The first-order chi connectivity index (χ1) is 10.9. The molecule has 1 saturated heterocycles. The van der Waals surface area contributed by atoms with Gasteiger partial charge in [-0.25, -0.2) is 0 Å². The lowest BCUT2D eigenvalue weighted by Crippen LogP contribution is -2.54. The number of piperazine rings is 1. The van der Waals surface area contributed by atoms with Crippen LogP contribution >= 0.6 is 0 Å². The minimum Gasteiger partial charge on any atom is -0.336 e. The normalized spacial score (nSPS) is 16.6. The lowest BCUT2D eigenvalue weighted by Gasteiger charge is -2.42. The van der Waals surface area contributed by atoms with E-state index in [1.54, 1.807) is 0 Å². The second-order valence-electron chi connectivity index (χ2n) is 6.76. The number of hydrogen-bond donors (Lipinski definition) is 1. The number of tetrazole rings is 1.